The summed E-state index contributed by atoms with van der Waals surface area (Å²) in [6.07, 6.45) is 0. The Morgan fingerprint density at radius 1 is 0.487 bits per heavy atom. The molecule has 1 atom stereocenters. The van der Waals surface area contributed by atoms with Crippen LogP contribution in [0.4, 0.5) is 0 Å². The summed E-state index contributed by atoms with van der Waals surface area (Å²) in [5.41, 5.74) is 1.85. The lowest BCUT2D eigenvalue weighted by molar-refractivity contribution is 0.342. The Morgan fingerprint density at radius 2 is 0.897 bits per heavy atom. The molecule has 1 saturated carbocycles. The summed E-state index contributed by atoms with van der Waals surface area (Å²) in [7, 11) is 0. The van der Waals surface area contributed by atoms with Crippen molar-refractivity contribution in [2.75, 3.05) is 0 Å². The van der Waals surface area contributed by atoms with E-state index in [-0.39, 0.29) is 0 Å². The van der Waals surface area contributed by atoms with E-state index < -0.39 is 31.3 Å². The molecule has 0 spiro atoms. The molecule has 1 unspecified atom stereocenters. The Kier molecular flexibility index (Phi) is 13.8. The SMILES string of the molecule is Brc1cccc(C(Br)(C(Br)(Br)c2ccccc2)C(Br)(Br)C2(Br)C(Br)(Br)C(Br)(Br)C(Br)(Br)C(Br)(Br)C2(Br)Br)c1Br. The van der Waals surface area contributed by atoms with Crippen LogP contribution in [0.2, 0.25) is 0 Å². The monoisotopic (exact) mass is 1680 g/mol. The summed E-state index contributed by atoms with van der Waals surface area (Å²) < 4.78 is -7.42. The zero-order valence-electron chi connectivity index (χ0n) is 17.9. The van der Waals surface area contributed by atoms with Gasteiger partial charge in [0, 0.05) is 8.95 Å². The molecule has 0 aliphatic heterocycles. The molecular weight excluding hydrogens is 1690 g/mol. The minimum Gasteiger partial charge on any atom is -0.0776 e. The molecule has 0 heterocycles. The van der Waals surface area contributed by atoms with Crippen LogP contribution in [-0.2, 0) is 7.56 Å². The summed E-state index contributed by atoms with van der Waals surface area (Å²) in [4.78, 5) is 0. The molecule has 39 heavy (non-hydrogen) atoms. The second-order valence-corrected chi connectivity index (χ2v) is 36.4. The topological polar surface area (TPSA) is 0 Å². The highest BCUT2D eigenvalue weighted by atomic mass is 79.9. The average molecular weight is 1700 g/mol. The van der Waals surface area contributed by atoms with Gasteiger partial charge in [0.15, 0.2) is 0 Å². The van der Waals surface area contributed by atoms with E-state index in [4.69, 9.17) is 0 Å². The van der Waals surface area contributed by atoms with E-state index in [1.807, 2.05) is 30.3 Å². The normalized spacial score (nSPS) is 24.6. The fourth-order valence-corrected chi connectivity index (χ4v) is 26.6. The molecule has 2 aromatic carbocycles. The second kappa shape index (κ2) is 13.3. The van der Waals surface area contributed by atoms with E-state index in [2.05, 4.69) is 305 Å². The van der Waals surface area contributed by atoms with Crippen LogP contribution in [0.3, 0.4) is 0 Å². The predicted molar refractivity (Wildman–Crippen MR) is 234 cm³/mol. The van der Waals surface area contributed by atoms with Gasteiger partial charge in [-0.1, -0.05) is 297 Å². The van der Waals surface area contributed by atoms with Crippen molar-refractivity contribution < 1.29 is 0 Å². The maximum absolute atomic E-state index is 4.30. The van der Waals surface area contributed by atoms with Gasteiger partial charge >= 0.3 is 0 Å². The van der Waals surface area contributed by atoms with E-state index in [0.29, 0.717) is 0 Å². The summed E-state index contributed by atoms with van der Waals surface area (Å²) >= 11 is 72.9. The zero-order chi connectivity index (χ0) is 30.5. The van der Waals surface area contributed by atoms with Gasteiger partial charge in [0.05, 0.1) is 0 Å². The fourth-order valence-electron chi connectivity index (χ4n) is 4.00. The number of benzene rings is 2. The molecule has 2 aromatic rings. The van der Waals surface area contributed by atoms with Crippen molar-refractivity contribution in [2.24, 2.45) is 0 Å². The lowest BCUT2D eigenvalue weighted by Gasteiger charge is -2.71. The number of halogens is 18. The first-order valence-electron chi connectivity index (χ1n) is 9.81. The fraction of sp³-hybridized carbons (Fsp3) is 0.429. The van der Waals surface area contributed by atoms with Crippen molar-refractivity contribution in [3.05, 3.63) is 68.6 Å². The lowest BCUT2D eigenvalue weighted by atomic mass is 9.76. The smallest absolute Gasteiger partial charge is 0.0776 e. The van der Waals surface area contributed by atoms with Crippen molar-refractivity contribution in [2.45, 2.75) is 31.3 Å². The number of rotatable bonds is 5. The molecule has 0 amide bonds. The van der Waals surface area contributed by atoms with Crippen LogP contribution in [0.25, 0.3) is 0 Å². The Bertz CT molecular complexity index is 1220. The molecule has 1 fully saturated rings. The molecule has 218 valence electrons. The summed E-state index contributed by atoms with van der Waals surface area (Å²) in [6, 6.07) is 16.1. The van der Waals surface area contributed by atoms with Gasteiger partial charge in [0.25, 0.3) is 0 Å². The highest BCUT2D eigenvalue weighted by molar-refractivity contribution is 9.36. The van der Waals surface area contributed by atoms with Crippen molar-refractivity contribution in [3.8, 4) is 0 Å². The van der Waals surface area contributed by atoms with Gasteiger partial charge in [0.1, 0.15) is 31.3 Å². The van der Waals surface area contributed by atoms with Crippen LogP contribution in [0.15, 0.2) is 57.5 Å². The van der Waals surface area contributed by atoms with Crippen LogP contribution >= 0.6 is 287 Å². The highest BCUT2D eigenvalue weighted by Crippen LogP contribution is 2.87. The highest BCUT2D eigenvalue weighted by Gasteiger charge is 2.90. The molecule has 0 aromatic heterocycles. The molecule has 1 aliphatic rings. The lowest BCUT2D eigenvalue weighted by Crippen LogP contribution is -2.84. The van der Waals surface area contributed by atoms with Crippen molar-refractivity contribution >= 4 is 287 Å². The molecule has 0 saturated heterocycles. The third kappa shape index (κ3) is 5.61. The van der Waals surface area contributed by atoms with Crippen LogP contribution in [0.1, 0.15) is 11.1 Å². The average Bonchev–Trinajstić information content (AvgIpc) is 2.83. The van der Waals surface area contributed by atoms with E-state index in [1.54, 1.807) is 0 Å². The third-order valence-electron chi connectivity index (χ3n) is 6.20. The summed E-state index contributed by atoms with van der Waals surface area (Å²) in [6.45, 7) is 0. The molecule has 18 heteroatoms. The molecule has 0 radical (unpaired) electrons. The van der Waals surface area contributed by atoms with Crippen LogP contribution in [0.5, 0.6) is 0 Å². The van der Waals surface area contributed by atoms with Crippen molar-refractivity contribution in [3.63, 3.8) is 0 Å². The van der Waals surface area contributed by atoms with Crippen LogP contribution < -0.4 is 0 Å². The molecular formula is C21H8Br18. The molecule has 3 rings (SSSR count). The summed E-state index contributed by atoms with van der Waals surface area (Å²) in [5, 5.41) is 0. The van der Waals surface area contributed by atoms with Gasteiger partial charge in [-0.25, -0.2) is 0 Å². The first kappa shape index (κ1) is 40.5. The molecule has 0 nitrogen and oxygen atoms in total. The quantitative estimate of drug-likeness (QED) is 0.262. The third-order valence-corrected chi connectivity index (χ3v) is 41.9. The van der Waals surface area contributed by atoms with Crippen molar-refractivity contribution in [1.82, 2.24) is 0 Å². The summed E-state index contributed by atoms with van der Waals surface area (Å²) in [5.74, 6) is 0. The van der Waals surface area contributed by atoms with E-state index in [9.17, 15) is 0 Å². The van der Waals surface area contributed by atoms with E-state index >= 15 is 0 Å². The van der Waals surface area contributed by atoms with Crippen molar-refractivity contribution in [1.29, 1.82) is 0 Å². The number of hydrogen-bond acceptors (Lipinski definition) is 0. The first-order chi connectivity index (χ1) is 17.3. The van der Waals surface area contributed by atoms with Crippen LogP contribution in [0, 0.1) is 0 Å². The number of hydrogen-bond donors (Lipinski definition) is 0. The van der Waals surface area contributed by atoms with Crippen LogP contribution in [-0.4, -0.2) is 23.7 Å². The largest absolute Gasteiger partial charge is 0.135 e. The van der Waals surface area contributed by atoms with Gasteiger partial charge in [0.2, 0.25) is 0 Å². The Labute approximate surface area is 378 Å². The first-order valence-corrected chi connectivity index (χ1v) is 24.1. The maximum Gasteiger partial charge on any atom is 0.135 e. The minimum absolute atomic E-state index is 0.851. The minimum atomic E-state index is -1.15. The molecule has 0 N–H and O–H groups in total. The standard InChI is InChI=1S/C21H8Br18/c22-11-8-4-7-10(12(11)23)13(24,14(25,26)9-5-2-1-3-6-9)16(28,29)15(27)17(30,31)19(34,35)21(38,39)20(36,37)18(15,32)33/h1-8H. The Hall–Kier alpha value is 7.08. The maximum atomic E-state index is 4.30. The zero-order valence-corrected chi connectivity index (χ0v) is 46.5. The Morgan fingerprint density at radius 3 is 1.33 bits per heavy atom. The molecule has 0 bridgehead atoms. The van der Waals surface area contributed by atoms with Gasteiger partial charge < -0.3 is 0 Å². The van der Waals surface area contributed by atoms with Gasteiger partial charge in [-0.05, 0) is 49.1 Å². The Balaban J connectivity index is 2.59. The van der Waals surface area contributed by atoms with Gasteiger partial charge in [-0.3, -0.25) is 0 Å². The number of alkyl halides is 16. The molecule has 1 aliphatic carbocycles. The van der Waals surface area contributed by atoms with Gasteiger partial charge in [-0.2, -0.15) is 0 Å². The van der Waals surface area contributed by atoms with E-state index in [0.717, 1.165) is 20.1 Å². The second-order valence-electron chi connectivity index (χ2n) is 8.31. The van der Waals surface area contributed by atoms with Gasteiger partial charge in [-0.15, -0.1) is 0 Å². The predicted octanol–water partition coefficient (Wildman–Crippen LogP) is 16.5. The van der Waals surface area contributed by atoms with E-state index in [1.165, 1.54) is 0 Å².